The van der Waals surface area contributed by atoms with Crippen LogP contribution in [0.1, 0.15) is 69.2 Å². The van der Waals surface area contributed by atoms with E-state index >= 15 is 0 Å². The Balaban J connectivity index is 1.90. The highest BCUT2D eigenvalue weighted by Crippen LogP contribution is 2.20. The van der Waals surface area contributed by atoms with Gasteiger partial charge in [0.05, 0.1) is 0 Å². The summed E-state index contributed by atoms with van der Waals surface area (Å²) >= 11 is 6.26. The zero-order valence-electron chi connectivity index (χ0n) is 22.6. The lowest BCUT2D eigenvalue weighted by Gasteiger charge is -2.34. The minimum Gasteiger partial charge on any atom is -0.350 e. The quantitative estimate of drug-likeness (QED) is 0.315. The molecule has 0 fully saturated rings. The van der Waals surface area contributed by atoms with Gasteiger partial charge in [-0.3, -0.25) is 9.59 Å². The molecular weight excluding hydrogens is 480 g/mol. The highest BCUT2D eigenvalue weighted by atomic mass is 35.5. The molecule has 0 aromatic heterocycles. The van der Waals surface area contributed by atoms with Gasteiger partial charge in [-0.2, -0.15) is 0 Å². The molecule has 0 radical (unpaired) electrons. The molecular formula is C32H39ClN2O2. The number of carbonyl (C=O) groups excluding carboxylic acids is 2. The molecule has 3 aromatic rings. The van der Waals surface area contributed by atoms with Crippen LogP contribution in [0, 0.1) is 0 Å². The zero-order chi connectivity index (χ0) is 27.0. The van der Waals surface area contributed by atoms with Crippen LogP contribution in [0.2, 0.25) is 5.02 Å². The van der Waals surface area contributed by atoms with Crippen molar-refractivity contribution in [3.63, 3.8) is 0 Å². The van der Waals surface area contributed by atoms with Crippen LogP contribution in [-0.2, 0) is 29.0 Å². The van der Waals surface area contributed by atoms with E-state index in [0.717, 1.165) is 16.7 Å². The Morgan fingerprint density at radius 1 is 0.865 bits per heavy atom. The van der Waals surface area contributed by atoms with E-state index in [4.69, 9.17) is 11.6 Å². The molecule has 0 bridgehead atoms. The molecule has 3 aromatic carbocycles. The van der Waals surface area contributed by atoms with Crippen LogP contribution in [0.3, 0.4) is 0 Å². The lowest BCUT2D eigenvalue weighted by atomic mass is 9.98. The third-order valence-corrected chi connectivity index (χ3v) is 6.52. The number of benzene rings is 3. The highest BCUT2D eigenvalue weighted by molar-refractivity contribution is 6.30. The molecule has 1 N–H and O–H groups in total. The van der Waals surface area contributed by atoms with Crippen LogP contribution >= 0.6 is 11.6 Å². The molecule has 196 valence electrons. The molecule has 0 spiro atoms. The molecule has 1 atom stereocenters. The Labute approximate surface area is 227 Å². The molecule has 0 aliphatic carbocycles. The Kier molecular flexibility index (Phi) is 9.93. The van der Waals surface area contributed by atoms with E-state index in [1.54, 1.807) is 4.90 Å². The van der Waals surface area contributed by atoms with Crippen LogP contribution in [0.5, 0.6) is 0 Å². The fourth-order valence-electron chi connectivity index (χ4n) is 4.30. The van der Waals surface area contributed by atoms with Crippen LogP contribution in [-0.4, -0.2) is 28.3 Å². The Hall–Kier alpha value is -3.11. The van der Waals surface area contributed by atoms with Crippen molar-refractivity contribution in [2.24, 2.45) is 0 Å². The molecule has 0 aliphatic rings. The van der Waals surface area contributed by atoms with Crippen molar-refractivity contribution >= 4 is 23.4 Å². The minimum atomic E-state index is -0.656. The van der Waals surface area contributed by atoms with Crippen LogP contribution in [0.15, 0.2) is 78.9 Å². The van der Waals surface area contributed by atoms with Gasteiger partial charge in [0, 0.05) is 29.9 Å². The number of aryl methyl sites for hydroxylation is 1. The maximum absolute atomic E-state index is 13.8. The topological polar surface area (TPSA) is 49.4 Å². The fraction of sp³-hybridized carbons (Fsp3) is 0.375. The van der Waals surface area contributed by atoms with Gasteiger partial charge in [0.25, 0.3) is 0 Å². The van der Waals surface area contributed by atoms with Crippen molar-refractivity contribution in [1.29, 1.82) is 0 Å². The van der Waals surface area contributed by atoms with Crippen molar-refractivity contribution in [1.82, 2.24) is 10.2 Å². The van der Waals surface area contributed by atoms with Gasteiger partial charge >= 0.3 is 0 Å². The van der Waals surface area contributed by atoms with Gasteiger partial charge in [0.1, 0.15) is 6.04 Å². The van der Waals surface area contributed by atoms with Gasteiger partial charge in [0.15, 0.2) is 0 Å². The number of nitrogens with one attached hydrogen (secondary N) is 1. The molecule has 0 saturated heterocycles. The van der Waals surface area contributed by atoms with Crippen molar-refractivity contribution in [3.8, 4) is 0 Å². The molecule has 4 nitrogen and oxygen atoms in total. The van der Waals surface area contributed by atoms with Crippen molar-refractivity contribution in [2.45, 2.75) is 77.9 Å². The molecule has 2 amide bonds. The van der Waals surface area contributed by atoms with Crippen LogP contribution < -0.4 is 5.32 Å². The number of hydrogen-bond donors (Lipinski definition) is 1. The summed E-state index contributed by atoms with van der Waals surface area (Å²) in [6, 6.07) is 25.1. The summed E-state index contributed by atoms with van der Waals surface area (Å²) in [5.74, 6) is 0.245. The number of hydrogen-bond acceptors (Lipinski definition) is 2. The molecule has 37 heavy (non-hydrogen) atoms. The number of halogens is 1. The van der Waals surface area contributed by atoms with E-state index in [2.05, 4.69) is 43.4 Å². The van der Waals surface area contributed by atoms with E-state index in [9.17, 15) is 9.59 Å². The molecule has 0 saturated carbocycles. The maximum Gasteiger partial charge on any atom is 0.243 e. The van der Waals surface area contributed by atoms with Gasteiger partial charge in [-0.1, -0.05) is 92.2 Å². The van der Waals surface area contributed by atoms with Crippen molar-refractivity contribution in [3.05, 3.63) is 106 Å². The monoisotopic (exact) mass is 518 g/mol. The van der Waals surface area contributed by atoms with E-state index < -0.39 is 11.6 Å². The number of amides is 2. The lowest BCUT2D eigenvalue weighted by molar-refractivity contribution is -0.141. The SMILES string of the molecule is CC(C)c1ccc(CCC(=O)N(Cc2cccc(Cl)c2)[C@@H](Cc2ccccc2)C(=O)NC(C)(C)C)cc1. The highest BCUT2D eigenvalue weighted by Gasteiger charge is 2.32. The molecule has 0 aliphatic heterocycles. The molecule has 3 rings (SSSR count). The first-order chi connectivity index (χ1) is 17.5. The first-order valence-electron chi connectivity index (χ1n) is 13.0. The number of nitrogens with zero attached hydrogens (tertiary/aromatic N) is 1. The summed E-state index contributed by atoms with van der Waals surface area (Å²) in [5, 5.41) is 3.71. The van der Waals surface area contributed by atoms with E-state index in [1.165, 1.54) is 5.56 Å². The van der Waals surface area contributed by atoms with Crippen LogP contribution in [0.4, 0.5) is 0 Å². The van der Waals surface area contributed by atoms with Gasteiger partial charge in [-0.05, 0) is 67.5 Å². The van der Waals surface area contributed by atoms with Crippen molar-refractivity contribution < 1.29 is 9.59 Å². The van der Waals surface area contributed by atoms with Gasteiger partial charge in [0.2, 0.25) is 11.8 Å². The molecule has 0 unspecified atom stereocenters. The second kappa shape index (κ2) is 12.9. The molecule has 5 heteroatoms. The van der Waals surface area contributed by atoms with Gasteiger partial charge in [-0.25, -0.2) is 0 Å². The van der Waals surface area contributed by atoms with Gasteiger partial charge in [-0.15, -0.1) is 0 Å². The summed E-state index contributed by atoms with van der Waals surface area (Å²) in [6.45, 7) is 10.5. The summed E-state index contributed by atoms with van der Waals surface area (Å²) < 4.78 is 0. The molecule has 0 heterocycles. The minimum absolute atomic E-state index is 0.0575. The smallest absolute Gasteiger partial charge is 0.243 e. The predicted octanol–water partition coefficient (Wildman–Crippen LogP) is 6.95. The standard InChI is InChI=1S/C32H39ClN2O2/c1-23(2)27-17-14-24(15-18-27)16-19-30(36)35(22-26-12-9-13-28(33)20-26)29(31(37)34-32(3,4)5)21-25-10-7-6-8-11-25/h6-15,17-18,20,23,29H,16,19,21-22H2,1-5H3,(H,34,37)/t29-/m0/s1. The normalized spacial score (nSPS) is 12.3. The second-order valence-electron chi connectivity index (χ2n) is 11.0. The summed E-state index contributed by atoms with van der Waals surface area (Å²) in [5.41, 5.74) is 3.86. The van der Waals surface area contributed by atoms with Crippen molar-refractivity contribution in [2.75, 3.05) is 0 Å². The van der Waals surface area contributed by atoms with E-state index in [0.29, 0.717) is 36.7 Å². The number of rotatable bonds is 10. The zero-order valence-corrected chi connectivity index (χ0v) is 23.4. The largest absolute Gasteiger partial charge is 0.350 e. The van der Waals surface area contributed by atoms with Crippen LogP contribution in [0.25, 0.3) is 0 Å². The third-order valence-electron chi connectivity index (χ3n) is 6.29. The fourth-order valence-corrected chi connectivity index (χ4v) is 4.52. The lowest BCUT2D eigenvalue weighted by Crippen LogP contribution is -2.54. The number of carbonyl (C=O) groups is 2. The predicted molar refractivity (Wildman–Crippen MR) is 153 cm³/mol. The first kappa shape index (κ1) is 28.5. The summed E-state index contributed by atoms with van der Waals surface area (Å²) in [6.07, 6.45) is 1.36. The maximum atomic E-state index is 13.8. The van der Waals surface area contributed by atoms with E-state index in [-0.39, 0.29) is 11.8 Å². The van der Waals surface area contributed by atoms with E-state index in [1.807, 2.05) is 75.4 Å². The summed E-state index contributed by atoms with van der Waals surface area (Å²) in [4.78, 5) is 29.1. The first-order valence-corrected chi connectivity index (χ1v) is 13.4. The Morgan fingerprint density at radius 3 is 2.11 bits per heavy atom. The summed E-state index contributed by atoms with van der Waals surface area (Å²) in [7, 11) is 0. The average Bonchev–Trinajstić information content (AvgIpc) is 2.84. The third kappa shape index (κ3) is 9.05. The van der Waals surface area contributed by atoms with Gasteiger partial charge < -0.3 is 10.2 Å². The second-order valence-corrected chi connectivity index (χ2v) is 11.4. The Morgan fingerprint density at radius 2 is 1.51 bits per heavy atom. The average molecular weight is 519 g/mol. The Bertz CT molecular complexity index is 1170.